The Morgan fingerprint density at radius 1 is 1.50 bits per heavy atom. The number of allylic oxidation sites excluding steroid dienone is 1. The maximum absolute atomic E-state index is 11.5. The van der Waals surface area contributed by atoms with Gasteiger partial charge in [-0.1, -0.05) is 6.92 Å². The minimum absolute atomic E-state index is 0.179. The van der Waals surface area contributed by atoms with E-state index in [0.29, 0.717) is 24.6 Å². The van der Waals surface area contributed by atoms with Crippen molar-refractivity contribution in [2.24, 2.45) is 16.5 Å². The van der Waals surface area contributed by atoms with Crippen LogP contribution < -0.4 is 27.4 Å². The minimum Gasteiger partial charge on any atom is -0.384 e. The number of carbonyl (C=O) groups is 1. The third-order valence-corrected chi connectivity index (χ3v) is 2.29. The molecule has 7 heteroatoms. The Labute approximate surface area is 108 Å². The summed E-state index contributed by atoms with van der Waals surface area (Å²) in [5.74, 6) is 0.352. The molecule has 0 aliphatic carbocycles. The van der Waals surface area contributed by atoms with Crippen LogP contribution in [0.1, 0.15) is 20.3 Å². The highest BCUT2D eigenvalue weighted by atomic mass is 16.2. The molecule has 7 N–H and O–H groups in total. The van der Waals surface area contributed by atoms with Gasteiger partial charge in [0.25, 0.3) is 0 Å². The number of nitrogens with two attached hydrogens (primary N) is 2. The van der Waals surface area contributed by atoms with Crippen LogP contribution >= 0.6 is 0 Å². The molecular formula is C11H24N6O. The number of hydrogen-bond donors (Lipinski definition) is 5. The van der Waals surface area contributed by atoms with Gasteiger partial charge in [0, 0.05) is 32.4 Å². The highest BCUT2D eigenvalue weighted by Gasteiger charge is 2.05. The minimum atomic E-state index is -0.357. The van der Waals surface area contributed by atoms with Gasteiger partial charge in [-0.05, 0) is 13.3 Å². The molecule has 1 unspecified atom stereocenters. The molecule has 18 heavy (non-hydrogen) atoms. The number of rotatable bonds is 7. The summed E-state index contributed by atoms with van der Waals surface area (Å²) >= 11 is 0. The lowest BCUT2D eigenvalue weighted by Gasteiger charge is -2.11. The summed E-state index contributed by atoms with van der Waals surface area (Å²) in [5, 5.41) is 7.98. The summed E-state index contributed by atoms with van der Waals surface area (Å²) < 4.78 is 0. The number of urea groups is 1. The molecule has 0 aromatic heterocycles. The maximum atomic E-state index is 11.5. The number of carbonyl (C=O) groups excluding carboxylic acids is 1. The number of nitrogens with one attached hydrogen (secondary N) is 3. The summed E-state index contributed by atoms with van der Waals surface area (Å²) in [6.45, 7) is 4.81. The second-order valence-electron chi connectivity index (χ2n) is 3.78. The average Bonchev–Trinajstić information content (AvgIpc) is 2.39. The summed E-state index contributed by atoms with van der Waals surface area (Å²) in [5.41, 5.74) is 11.5. The first-order valence-corrected chi connectivity index (χ1v) is 6.00. The molecule has 104 valence electrons. The van der Waals surface area contributed by atoms with Gasteiger partial charge >= 0.3 is 6.03 Å². The van der Waals surface area contributed by atoms with Gasteiger partial charge in [-0.15, -0.1) is 0 Å². The van der Waals surface area contributed by atoms with Crippen molar-refractivity contribution in [3.63, 3.8) is 0 Å². The van der Waals surface area contributed by atoms with Crippen LogP contribution in [-0.4, -0.2) is 38.4 Å². The highest BCUT2D eigenvalue weighted by molar-refractivity contribution is 5.87. The lowest BCUT2D eigenvalue weighted by Crippen LogP contribution is -2.40. The molecule has 0 fully saturated rings. The van der Waals surface area contributed by atoms with E-state index < -0.39 is 0 Å². The standard InChI is InChI=1S/C11H24N6O/c1-4-8(2)16-7-9(10(13)14-3)17-11(18)15-6-5-12/h7-8,14H,4-6,12-13H2,1-3H3,(H2,15,17,18)/b10-9+,16-7+. The zero-order valence-corrected chi connectivity index (χ0v) is 11.3. The highest BCUT2D eigenvalue weighted by Crippen LogP contribution is 1.96. The lowest BCUT2D eigenvalue weighted by molar-refractivity contribution is 0.244. The van der Waals surface area contributed by atoms with Gasteiger partial charge in [0.05, 0.1) is 0 Å². The second kappa shape index (κ2) is 9.29. The lowest BCUT2D eigenvalue weighted by atomic mass is 10.3. The Hall–Kier alpha value is -1.76. The fourth-order valence-electron chi connectivity index (χ4n) is 0.963. The van der Waals surface area contributed by atoms with Crippen molar-refractivity contribution in [3.05, 3.63) is 11.5 Å². The van der Waals surface area contributed by atoms with Gasteiger partial charge in [-0.3, -0.25) is 4.99 Å². The van der Waals surface area contributed by atoms with E-state index in [9.17, 15) is 4.79 Å². The van der Waals surface area contributed by atoms with Gasteiger partial charge in [-0.25, -0.2) is 4.79 Å². The Morgan fingerprint density at radius 3 is 2.67 bits per heavy atom. The fourth-order valence-corrected chi connectivity index (χ4v) is 0.963. The molecule has 1 atom stereocenters. The first kappa shape index (κ1) is 16.2. The van der Waals surface area contributed by atoms with Gasteiger partial charge in [0.1, 0.15) is 11.5 Å². The van der Waals surface area contributed by atoms with E-state index in [4.69, 9.17) is 11.5 Å². The van der Waals surface area contributed by atoms with E-state index in [0.717, 1.165) is 6.42 Å². The quantitative estimate of drug-likeness (QED) is 0.393. The second-order valence-corrected chi connectivity index (χ2v) is 3.78. The zero-order chi connectivity index (χ0) is 14.0. The average molecular weight is 256 g/mol. The molecule has 0 aromatic rings. The Bertz CT molecular complexity index is 313. The van der Waals surface area contributed by atoms with E-state index in [2.05, 4.69) is 20.9 Å². The Kier molecular flexibility index (Phi) is 8.38. The van der Waals surface area contributed by atoms with E-state index in [1.165, 1.54) is 0 Å². The summed E-state index contributed by atoms with van der Waals surface area (Å²) in [6, 6.07) is -0.178. The SMILES string of the molecule is CCC(C)/N=C/C(NC(=O)NCCN)=C(/N)NC. The third-order valence-electron chi connectivity index (χ3n) is 2.29. The predicted molar refractivity (Wildman–Crippen MR) is 74.1 cm³/mol. The first-order valence-electron chi connectivity index (χ1n) is 6.00. The molecule has 2 amide bonds. The smallest absolute Gasteiger partial charge is 0.319 e. The molecule has 0 aliphatic rings. The molecule has 0 spiro atoms. The molecule has 0 bridgehead atoms. The van der Waals surface area contributed by atoms with Crippen molar-refractivity contribution in [2.75, 3.05) is 20.1 Å². The number of aliphatic imine (C=N–C) groups is 1. The first-order chi connectivity index (χ1) is 8.54. The maximum Gasteiger partial charge on any atom is 0.319 e. The number of amides is 2. The van der Waals surface area contributed by atoms with Crippen LogP contribution in [0.15, 0.2) is 16.5 Å². The van der Waals surface area contributed by atoms with Crippen molar-refractivity contribution < 1.29 is 4.79 Å². The van der Waals surface area contributed by atoms with Crippen molar-refractivity contribution in [3.8, 4) is 0 Å². The van der Waals surface area contributed by atoms with Gasteiger partial charge < -0.3 is 27.4 Å². The Balaban J connectivity index is 4.62. The zero-order valence-electron chi connectivity index (χ0n) is 11.3. The predicted octanol–water partition coefficient (Wildman–Crippen LogP) is -0.539. The number of hydrogen-bond acceptors (Lipinski definition) is 5. The summed E-state index contributed by atoms with van der Waals surface area (Å²) in [6.07, 6.45) is 2.48. The van der Waals surface area contributed by atoms with Gasteiger partial charge in [0.2, 0.25) is 0 Å². The molecule has 0 aliphatic heterocycles. The molecule has 0 aromatic carbocycles. The van der Waals surface area contributed by atoms with Crippen molar-refractivity contribution in [1.29, 1.82) is 0 Å². The number of nitrogens with zero attached hydrogens (tertiary/aromatic N) is 1. The van der Waals surface area contributed by atoms with Crippen LogP contribution in [0.4, 0.5) is 4.79 Å². The van der Waals surface area contributed by atoms with Crippen LogP contribution in [0.25, 0.3) is 0 Å². The summed E-state index contributed by atoms with van der Waals surface area (Å²) in [4.78, 5) is 15.8. The monoisotopic (exact) mass is 256 g/mol. The van der Waals surface area contributed by atoms with Crippen molar-refractivity contribution in [1.82, 2.24) is 16.0 Å². The molecule has 0 saturated heterocycles. The van der Waals surface area contributed by atoms with Crippen LogP contribution in [-0.2, 0) is 0 Å². The molecule has 0 radical (unpaired) electrons. The van der Waals surface area contributed by atoms with E-state index in [-0.39, 0.29) is 12.1 Å². The summed E-state index contributed by atoms with van der Waals surface area (Å²) in [7, 11) is 1.67. The van der Waals surface area contributed by atoms with Crippen LogP contribution in [0.2, 0.25) is 0 Å². The normalized spacial score (nSPS) is 14.0. The Morgan fingerprint density at radius 2 is 2.17 bits per heavy atom. The van der Waals surface area contributed by atoms with Crippen molar-refractivity contribution >= 4 is 12.2 Å². The van der Waals surface area contributed by atoms with E-state index in [1.54, 1.807) is 13.3 Å². The van der Waals surface area contributed by atoms with Crippen molar-refractivity contribution in [2.45, 2.75) is 26.3 Å². The van der Waals surface area contributed by atoms with E-state index >= 15 is 0 Å². The van der Waals surface area contributed by atoms with Gasteiger partial charge in [-0.2, -0.15) is 0 Å². The topological polar surface area (TPSA) is 118 Å². The van der Waals surface area contributed by atoms with Crippen LogP contribution in [0.3, 0.4) is 0 Å². The van der Waals surface area contributed by atoms with Crippen LogP contribution in [0, 0.1) is 0 Å². The van der Waals surface area contributed by atoms with E-state index in [1.807, 2.05) is 13.8 Å². The molecule has 0 rings (SSSR count). The molecule has 7 nitrogen and oxygen atoms in total. The third kappa shape index (κ3) is 6.74. The molecule has 0 heterocycles. The fraction of sp³-hybridized carbons (Fsp3) is 0.636. The molecule has 0 saturated carbocycles. The molecular weight excluding hydrogens is 232 g/mol. The largest absolute Gasteiger partial charge is 0.384 e. The van der Waals surface area contributed by atoms with Crippen LogP contribution in [0.5, 0.6) is 0 Å². The van der Waals surface area contributed by atoms with Gasteiger partial charge in [0.15, 0.2) is 0 Å².